The second-order valence-corrected chi connectivity index (χ2v) is 7.77. The number of rotatable bonds is 10. The Morgan fingerprint density at radius 1 is 1.03 bits per heavy atom. The minimum atomic E-state index is -0.543. The topological polar surface area (TPSA) is 50.8 Å². The molecule has 1 aliphatic rings. The quantitative estimate of drug-likeness (QED) is 0.587. The van der Waals surface area contributed by atoms with Crippen LogP contribution in [0.1, 0.15) is 38.7 Å². The number of benzene rings is 2. The molecule has 0 spiro atoms. The maximum Gasteiger partial charge on any atom is 0.235 e. The van der Waals surface area contributed by atoms with Crippen molar-refractivity contribution in [2.75, 3.05) is 44.8 Å². The molecule has 0 aromatic heterocycles. The molecule has 3 rings (SSSR count). The number of amides is 1. The average Bonchev–Trinajstić information content (AvgIpc) is 2.81. The molecule has 1 aliphatic heterocycles. The number of nitrogens with zero attached hydrogens (tertiary/aromatic N) is 1. The molecule has 1 fully saturated rings. The number of hydrogen-bond acceptors (Lipinski definition) is 4. The number of anilines is 1. The van der Waals surface area contributed by atoms with Crippen LogP contribution in [0, 0.1) is 0 Å². The van der Waals surface area contributed by atoms with Gasteiger partial charge in [0.2, 0.25) is 5.91 Å². The molecule has 0 bridgehead atoms. The lowest BCUT2D eigenvalue weighted by molar-refractivity contribution is -0.125. The van der Waals surface area contributed by atoms with Gasteiger partial charge >= 0.3 is 0 Å². The van der Waals surface area contributed by atoms with Crippen molar-refractivity contribution in [2.24, 2.45) is 0 Å². The molecule has 1 amide bonds. The van der Waals surface area contributed by atoms with Gasteiger partial charge in [0.15, 0.2) is 0 Å². The van der Waals surface area contributed by atoms with Crippen LogP contribution in [-0.2, 0) is 14.9 Å². The molecular weight excluding hydrogens is 376 g/mol. The fourth-order valence-electron chi connectivity index (χ4n) is 4.03. The highest BCUT2D eigenvalue weighted by Crippen LogP contribution is 2.36. The molecular formula is C25H34N2O3. The normalized spacial score (nSPS) is 15.7. The molecule has 0 aliphatic carbocycles. The van der Waals surface area contributed by atoms with Crippen molar-refractivity contribution in [2.45, 2.75) is 38.5 Å². The molecule has 1 N–H and O–H groups in total. The van der Waals surface area contributed by atoms with Crippen LogP contribution in [0.4, 0.5) is 5.69 Å². The van der Waals surface area contributed by atoms with Crippen LogP contribution in [0.5, 0.6) is 5.75 Å². The minimum Gasteiger partial charge on any atom is -0.494 e. The molecule has 0 atom stereocenters. The van der Waals surface area contributed by atoms with Gasteiger partial charge in [0, 0.05) is 25.4 Å². The smallest absolute Gasteiger partial charge is 0.235 e. The maximum absolute atomic E-state index is 13.3. The third-order valence-electron chi connectivity index (χ3n) is 6.00. The summed E-state index contributed by atoms with van der Waals surface area (Å²) >= 11 is 0. The van der Waals surface area contributed by atoms with Gasteiger partial charge < -0.3 is 19.7 Å². The fraction of sp³-hybridized carbons (Fsp3) is 0.480. The molecule has 5 heteroatoms. The first-order valence-corrected chi connectivity index (χ1v) is 11.1. The number of carbonyl (C=O) groups is 1. The Labute approximate surface area is 180 Å². The lowest BCUT2D eigenvalue weighted by Gasteiger charge is -2.36. The number of hydrogen-bond donors (Lipinski definition) is 1. The minimum absolute atomic E-state index is 0.0323. The van der Waals surface area contributed by atoms with E-state index in [-0.39, 0.29) is 5.91 Å². The average molecular weight is 411 g/mol. The van der Waals surface area contributed by atoms with Crippen LogP contribution in [0.2, 0.25) is 0 Å². The summed E-state index contributed by atoms with van der Waals surface area (Å²) in [7, 11) is 0. The van der Waals surface area contributed by atoms with Crippen molar-refractivity contribution in [3.63, 3.8) is 0 Å². The van der Waals surface area contributed by atoms with Gasteiger partial charge in [-0.1, -0.05) is 44.2 Å². The number of nitrogens with one attached hydrogen (secondary N) is 1. The van der Waals surface area contributed by atoms with Gasteiger partial charge in [-0.25, -0.2) is 0 Å². The third kappa shape index (κ3) is 5.61. The van der Waals surface area contributed by atoms with Gasteiger partial charge in [0.25, 0.3) is 0 Å². The molecule has 2 aromatic rings. The highest BCUT2D eigenvalue weighted by molar-refractivity contribution is 5.99. The fourth-order valence-corrected chi connectivity index (χ4v) is 4.03. The summed E-state index contributed by atoms with van der Waals surface area (Å²) in [5.74, 6) is 0.862. The van der Waals surface area contributed by atoms with Gasteiger partial charge in [0.1, 0.15) is 5.75 Å². The van der Waals surface area contributed by atoms with Crippen molar-refractivity contribution in [3.8, 4) is 5.75 Å². The summed E-state index contributed by atoms with van der Waals surface area (Å²) in [5.41, 5.74) is 1.30. The molecule has 1 saturated heterocycles. The van der Waals surface area contributed by atoms with Gasteiger partial charge in [-0.2, -0.15) is 0 Å². The highest BCUT2D eigenvalue weighted by atomic mass is 16.5. The summed E-state index contributed by atoms with van der Waals surface area (Å²) < 4.78 is 11.4. The van der Waals surface area contributed by atoms with Crippen molar-refractivity contribution in [1.82, 2.24) is 4.90 Å². The predicted octanol–water partition coefficient (Wildman–Crippen LogP) is 4.48. The van der Waals surface area contributed by atoms with E-state index in [9.17, 15) is 4.79 Å². The lowest BCUT2D eigenvalue weighted by Crippen LogP contribution is -2.44. The van der Waals surface area contributed by atoms with E-state index in [0.717, 1.165) is 43.1 Å². The van der Waals surface area contributed by atoms with E-state index < -0.39 is 5.41 Å². The van der Waals surface area contributed by atoms with Crippen molar-refractivity contribution < 1.29 is 14.3 Å². The first-order valence-electron chi connectivity index (χ1n) is 11.1. The molecule has 162 valence electrons. The van der Waals surface area contributed by atoms with Crippen molar-refractivity contribution >= 4 is 11.6 Å². The molecule has 0 saturated carbocycles. The molecule has 0 radical (unpaired) electrons. The van der Waals surface area contributed by atoms with Crippen LogP contribution in [0.15, 0.2) is 54.6 Å². The second-order valence-electron chi connectivity index (χ2n) is 7.77. The van der Waals surface area contributed by atoms with Gasteiger partial charge in [0.05, 0.1) is 12.0 Å². The van der Waals surface area contributed by atoms with Crippen molar-refractivity contribution in [3.05, 3.63) is 60.2 Å². The van der Waals surface area contributed by atoms with Gasteiger partial charge in [-0.3, -0.25) is 4.79 Å². The van der Waals surface area contributed by atoms with Crippen LogP contribution in [-0.4, -0.2) is 50.3 Å². The Morgan fingerprint density at radius 2 is 1.70 bits per heavy atom. The lowest BCUT2D eigenvalue weighted by atomic mass is 9.73. The van der Waals surface area contributed by atoms with E-state index in [4.69, 9.17) is 9.47 Å². The first kappa shape index (κ1) is 22.3. The summed E-state index contributed by atoms with van der Waals surface area (Å²) in [6.07, 6.45) is 2.38. The Kier molecular flexibility index (Phi) is 8.29. The van der Waals surface area contributed by atoms with E-state index in [1.165, 1.54) is 0 Å². The summed E-state index contributed by atoms with van der Waals surface area (Å²) in [6.45, 7) is 9.44. The summed E-state index contributed by atoms with van der Waals surface area (Å²) in [4.78, 5) is 15.7. The Balaban J connectivity index is 1.58. The zero-order valence-electron chi connectivity index (χ0n) is 18.2. The zero-order chi connectivity index (χ0) is 21.2. The number of carbonyl (C=O) groups excluding carboxylic acids is 1. The standard InChI is InChI=1S/C25H34N2O3/c1-3-27(4-2)17-8-18-30-23-13-11-22(12-14-23)26-24(28)25(15-19-29-20-16-25)21-9-6-5-7-10-21/h5-7,9-14H,3-4,8,15-20H2,1-2H3,(H,26,28). The van der Waals surface area contributed by atoms with Crippen LogP contribution in [0.3, 0.4) is 0 Å². The zero-order valence-corrected chi connectivity index (χ0v) is 18.2. The molecule has 0 unspecified atom stereocenters. The van der Waals surface area contributed by atoms with Crippen LogP contribution in [0.25, 0.3) is 0 Å². The van der Waals surface area contributed by atoms with E-state index in [1.807, 2.05) is 54.6 Å². The van der Waals surface area contributed by atoms with Gasteiger partial charge in [-0.15, -0.1) is 0 Å². The molecule has 30 heavy (non-hydrogen) atoms. The summed E-state index contributed by atoms with van der Waals surface area (Å²) in [5, 5.41) is 3.12. The Hall–Kier alpha value is -2.37. The number of ether oxygens (including phenoxy) is 2. The predicted molar refractivity (Wildman–Crippen MR) is 121 cm³/mol. The third-order valence-corrected chi connectivity index (χ3v) is 6.00. The van der Waals surface area contributed by atoms with Gasteiger partial charge in [-0.05, 0) is 62.2 Å². The summed E-state index contributed by atoms with van der Waals surface area (Å²) in [6, 6.07) is 17.7. The first-order chi connectivity index (χ1) is 14.7. The monoisotopic (exact) mass is 410 g/mol. The van der Waals surface area contributed by atoms with Crippen LogP contribution < -0.4 is 10.1 Å². The van der Waals surface area contributed by atoms with E-state index >= 15 is 0 Å². The highest BCUT2D eigenvalue weighted by Gasteiger charge is 2.41. The molecule has 1 heterocycles. The Morgan fingerprint density at radius 3 is 2.33 bits per heavy atom. The van der Waals surface area contributed by atoms with Crippen LogP contribution >= 0.6 is 0 Å². The largest absolute Gasteiger partial charge is 0.494 e. The van der Waals surface area contributed by atoms with E-state index in [2.05, 4.69) is 24.1 Å². The Bertz CT molecular complexity index is 767. The van der Waals surface area contributed by atoms with E-state index in [1.54, 1.807) is 0 Å². The maximum atomic E-state index is 13.3. The molecule has 2 aromatic carbocycles. The SMILES string of the molecule is CCN(CC)CCCOc1ccc(NC(=O)C2(c3ccccc3)CCOCC2)cc1. The second kappa shape index (κ2) is 11.1. The van der Waals surface area contributed by atoms with E-state index in [0.29, 0.717) is 32.7 Å². The van der Waals surface area contributed by atoms with Crippen molar-refractivity contribution in [1.29, 1.82) is 0 Å². The molecule has 5 nitrogen and oxygen atoms in total.